The summed E-state index contributed by atoms with van der Waals surface area (Å²) in [5.41, 5.74) is 2.49. The maximum Gasteiger partial charge on any atom is 0.337 e. The van der Waals surface area contributed by atoms with Gasteiger partial charge in [-0.15, -0.1) is 0 Å². The number of urea groups is 1. The Morgan fingerprint density at radius 1 is 1.52 bits per heavy atom. The van der Waals surface area contributed by atoms with Crippen LogP contribution in [0.2, 0.25) is 0 Å². The second-order valence-electron chi connectivity index (χ2n) is 5.67. The maximum absolute atomic E-state index is 12.1. The van der Waals surface area contributed by atoms with E-state index in [4.69, 9.17) is 4.74 Å². The van der Waals surface area contributed by atoms with Crippen LogP contribution in [0.3, 0.4) is 0 Å². The molecule has 0 spiro atoms. The summed E-state index contributed by atoms with van der Waals surface area (Å²) in [7, 11) is 0. The molecular formula is C16H21N3O3S. The minimum Gasteiger partial charge on any atom is -0.463 e. The van der Waals surface area contributed by atoms with Crippen LogP contribution in [0.15, 0.2) is 28.1 Å². The van der Waals surface area contributed by atoms with Crippen molar-refractivity contribution in [2.24, 2.45) is 0 Å². The number of nitrogens with one attached hydrogen (secondary N) is 2. The number of hydrogen-bond acceptors (Lipinski definition) is 5. The van der Waals surface area contributed by atoms with E-state index in [1.54, 1.807) is 18.3 Å². The van der Waals surface area contributed by atoms with Crippen LogP contribution >= 0.6 is 11.3 Å². The average molecular weight is 335 g/mol. The molecule has 1 aromatic heterocycles. The first-order valence-electron chi connectivity index (χ1n) is 7.89. The summed E-state index contributed by atoms with van der Waals surface area (Å²) in [5, 5.41) is 9.68. The Balaban J connectivity index is 1.79. The van der Waals surface area contributed by atoms with Crippen molar-refractivity contribution in [1.82, 2.24) is 15.5 Å². The molecule has 1 aromatic rings. The molecule has 0 aromatic carbocycles. The highest BCUT2D eigenvalue weighted by Gasteiger charge is 2.30. The summed E-state index contributed by atoms with van der Waals surface area (Å²) in [6.07, 6.45) is 2.22. The highest BCUT2D eigenvalue weighted by Crippen LogP contribution is 2.33. The first-order chi connectivity index (χ1) is 11.2. The number of carbonyl (C=O) groups excluding carboxylic acids is 2. The van der Waals surface area contributed by atoms with Crippen molar-refractivity contribution in [3.05, 3.63) is 33.7 Å². The van der Waals surface area contributed by atoms with E-state index in [2.05, 4.69) is 32.4 Å². The van der Waals surface area contributed by atoms with Crippen LogP contribution in [0.1, 0.15) is 31.4 Å². The average Bonchev–Trinajstić information content (AvgIpc) is 3.18. The lowest BCUT2D eigenvalue weighted by Gasteiger charge is -2.28. The number of thiophene rings is 1. The first kappa shape index (κ1) is 16.0. The Bertz CT molecular complexity index is 612. The molecule has 0 aliphatic carbocycles. The van der Waals surface area contributed by atoms with Crippen LogP contribution in [-0.2, 0) is 9.53 Å². The summed E-state index contributed by atoms with van der Waals surface area (Å²) < 4.78 is 5.11. The Labute approximate surface area is 139 Å². The largest absolute Gasteiger partial charge is 0.463 e. The SMILES string of the molecule is CCOC(=O)C1=C(CN2CCC[C@H]2c2ccsc2)NC(=O)NC1. The Hall–Kier alpha value is -1.86. The van der Waals surface area contributed by atoms with E-state index in [1.165, 1.54) is 5.56 Å². The second kappa shape index (κ2) is 7.14. The summed E-state index contributed by atoms with van der Waals surface area (Å²) in [6, 6.07) is 2.23. The number of esters is 1. The third-order valence-corrected chi connectivity index (χ3v) is 4.93. The fraction of sp³-hybridized carbons (Fsp3) is 0.500. The van der Waals surface area contributed by atoms with E-state index in [0.29, 0.717) is 30.5 Å². The Morgan fingerprint density at radius 3 is 3.13 bits per heavy atom. The minimum absolute atomic E-state index is 0.219. The maximum atomic E-state index is 12.1. The second-order valence-corrected chi connectivity index (χ2v) is 6.45. The van der Waals surface area contributed by atoms with Gasteiger partial charge < -0.3 is 15.4 Å². The van der Waals surface area contributed by atoms with Gasteiger partial charge in [-0.25, -0.2) is 9.59 Å². The van der Waals surface area contributed by atoms with E-state index in [0.717, 1.165) is 19.4 Å². The van der Waals surface area contributed by atoms with Gasteiger partial charge in [-0.2, -0.15) is 11.3 Å². The number of hydrogen-bond donors (Lipinski definition) is 2. The van der Waals surface area contributed by atoms with Crippen LogP contribution in [0.25, 0.3) is 0 Å². The van der Waals surface area contributed by atoms with Crippen LogP contribution in [0, 0.1) is 0 Å². The fourth-order valence-electron chi connectivity index (χ4n) is 3.14. The number of ether oxygens (including phenoxy) is 1. The molecule has 6 nitrogen and oxygen atoms in total. The third kappa shape index (κ3) is 3.56. The number of nitrogens with zero attached hydrogens (tertiary/aromatic N) is 1. The van der Waals surface area contributed by atoms with Gasteiger partial charge in [0.15, 0.2) is 0 Å². The number of amides is 2. The third-order valence-electron chi connectivity index (χ3n) is 4.23. The van der Waals surface area contributed by atoms with Gasteiger partial charge in [0.25, 0.3) is 0 Å². The molecule has 2 amide bonds. The normalized spacial score (nSPS) is 22.0. The molecule has 0 saturated carbocycles. The van der Waals surface area contributed by atoms with Gasteiger partial charge in [-0.1, -0.05) is 0 Å². The zero-order chi connectivity index (χ0) is 16.2. The van der Waals surface area contributed by atoms with Crippen molar-refractivity contribution in [2.75, 3.05) is 26.2 Å². The topological polar surface area (TPSA) is 70.7 Å². The zero-order valence-corrected chi connectivity index (χ0v) is 13.9. The Kier molecular flexibility index (Phi) is 4.97. The molecule has 23 heavy (non-hydrogen) atoms. The van der Waals surface area contributed by atoms with E-state index in [-0.39, 0.29) is 18.5 Å². The molecule has 3 rings (SSSR count). The van der Waals surface area contributed by atoms with Gasteiger partial charge in [-0.05, 0) is 48.7 Å². The molecular weight excluding hydrogens is 314 g/mol. The van der Waals surface area contributed by atoms with E-state index in [1.807, 2.05) is 0 Å². The zero-order valence-electron chi connectivity index (χ0n) is 13.1. The molecule has 0 radical (unpaired) electrons. The molecule has 1 atom stereocenters. The molecule has 0 unspecified atom stereocenters. The predicted molar refractivity (Wildman–Crippen MR) is 88.1 cm³/mol. The Morgan fingerprint density at radius 2 is 2.39 bits per heavy atom. The van der Waals surface area contributed by atoms with Crippen molar-refractivity contribution < 1.29 is 14.3 Å². The van der Waals surface area contributed by atoms with Crippen molar-refractivity contribution in [1.29, 1.82) is 0 Å². The molecule has 2 N–H and O–H groups in total. The quantitative estimate of drug-likeness (QED) is 0.808. The predicted octanol–water partition coefficient (Wildman–Crippen LogP) is 2.01. The number of carbonyl (C=O) groups is 2. The molecule has 1 saturated heterocycles. The standard InChI is InChI=1S/C16H21N3O3S/c1-2-22-15(20)12-8-17-16(21)18-13(12)9-19-6-3-4-14(19)11-5-7-23-10-11/h5,7,10,14H,2-4,6,8-9H2,1H3,(H2,17,18,21)/t14-/m0/s1. The summed E-state index contributed by atoms with van der Waals surface area (Å²) in [6.45, 7) is 3.84. The van der Waals surface area contributed by atoms with Crippen molar-refractivity contribution >= 4 is 23.3 Å². The van der Waals surface area contributed by atoms with Gasteiger partial charge in [0.2, 0.25) is 0 Å². The molecule has 3 heterocycles. The first-order valence-corrected chi connectivity index (χ1v) is 8.83. The highest BCUT2D eigenvalue weighted by atomic mass is 32.1. The van der Waals surface area contributed by atoms with E-state index >= 15 is 0 Å². The lowest BCUT2D eigenvalue weighted by Crippen LogP contribution is -2.46. The molecule has 124 valence electrons. The molecule has 2 aliphatic heterocycles. The van der Waals surface area contributed by atoms with Crippen molar-refractivity contribution in [3.8, 4) is 0 Å². The lowest BCUT2D eigenvalue weighted by atomic mass is 10.1. The fourth-order valence-corrected chi connectivity index (χ4v) is 3.85. The van der Waals surface area contributed by atoms with Crippen LogP contribution in [-0.4, -0.2) is 43.1 Å². The molecule has 1 fully saturated rings. The smallest absolute Gasteiger partial charge is 0.337 e. The lowest BCUT2D eigenvalue weighted by molar-refractivity contribution is -0.138. The summed E-state index contributed by atoms with van der Waals surface area (Å²) >= 11 is 1.69. The minimum atomic E-state index is -0.360. The van der Waals surface area contributed by atoms with E-state index < -0.39 is 0 Å². The van der Waals surface area contributed by atoms with Gasteiger partial charge in [0.1, 0.15) is 0 Å². The monoisotopic (exact) mass is 335 g/mol. The van der Waals surface area contributed by atoms with Crippen LogP contribution in [0.4, 0.5) is 4.79 Å². The summed E-state index contributed by atoms with van der Waals surface area (Å²) in [5.74, 6) is -0.360. The van der Waals surface area contributed by atoms with Gasteiger partial charge in [0, 0.05) is 18.3 Å². The van der Waals surface area contributed by atoms with Crippen molar-refractivity contribution in [3.63, 3.8) is 0 Å². The van der Waals surface area contributed by atoms with Crippen LogP contribution < -0.4 is 10.6 Å². The number of rotatable bonds is 5. The molecule has 2 aliphatic rings. The summed E-state index contributed by atoms with van der Waals surface area (Å²) in [4.78, 5) is 26.1. The van der Waals surface area contributed by atoms with Gasteiger partial charge in [-0.3, -0.25) is 4.90 Å². The van der Waals surface area contributed by atoms with Crippen LogP contribution in [0.5, 0.6) is 0 Å². The van der Waals surface area contributed by atoms with Gasteiger partial charge in [0.05, 0.1) is 18.7 Å². The van der Waals surface area contributed by atoms with Gasteiger partial charge >= 0.3 is 12.0 Å². The van der Waals surface area contributed by atoms with Crippen molar-refractivity contribution in [2.45, 2.75) is 25.8 Å². The number of likely N-dealkylation sites (tertiary alicyclic amines) is 1. The highest BCUT2D eigenvalue weighted by molar-refractivity contribution is 7.07. The van der Waals surface area contributed by atoms with E-state index in [9.17, 15) is 9.59 Å². The molecule has 7 heteroatoms. The molecule has 0 bridgehead atoms.